The summed E-state index contributed by atoms with van der Waals surface area (Å²) in [5.41, 5.74) is -0.132. The van der Waals surface area contributed by atoms with Crippen LogP contribution >= 0.6 is 0 Å². The number of amides is 2. The van der Waals surface area contributed by atoms with E-state index < -0.39 is 23.7 Å². The average molecular weight is 394 g/mol. The molecule has 0 saturated heterocycles. The first-order valence-corrected chi connectivity index (χ1v) is 9.16. The number of carbonyl (C=O) groups is 3. The summed E-state index contributed by atoms with van der Waals surface area (Å²) in [7, 11) is 2.82. The van der Waals surface area contributed by atoms with Gasteiger partial charge in [0.25, 0.3) is 5.91 Å². The third-order valence-corrected chi connectivity index (χ3v) is 3.73. The van der Waals surface area contributed by atoms with Crippen molar-refractivity contribution in [1.82, 2.24) is 10.6 Å². The number of ether oxygens (including phenoxy) is 3. The maximum absolute atomic E-state index is 12.4. The highest BCUT2D eigenvalue weighted by Crippen LogP contribution is 2.12. The Bertz CT molecular complexity index is 652. The lowest BCUT2D eigenvalue weighted by Crippen LogP contribution is -2.41. The van der Waals surface area contributed by atoms with Gasteiger partial charge in [-0.1, -0.05) is 0 Å². The molecule has 8 heteroatoms. The molecule has 1 aromatic carbocycles. The maximum atomic E-state index is 12.4. The van der Waals surface area contributed by atoms with E-state index in [4.69, 9.17) is 14.2 Å². The molecule has 1 aromatic rings. The Morgan fingerprint density at radius 1 is 1.04 bits per heavy atom. The normalized spacial score (nSPS) is 11.9. The van der Waals surface area contributed by atoms with Gasteiger partial charge in [0, 0.05) is 12.1 Å². The van der Waals surface area contributed by atoms with E-state index in [0.29, 0.717) is 37.1 Å². The first-order chi connectivity index (χ1) is 13.2. The molecule has 0 saturated carbocycles. The van der Waals surface area contributed by atoms with Gasteiger partial charge in [-0.05, 0) is 64.3 Å². The van der Waals surface area contributed by atoms with Gasteiger partial charge in [0.2, 0.25) is 0 Å². The Morgan fingerprint density at radius 3 is 2.21 bits per heavy atom. The average Bonchev–Trinajstić information content (AvgIpc) is 2.64. The highest BCUT2D eigenvalue weighted by atomic mass is 16.6. The van der Waals surface area contributed by atoms with Gasteiger partial charge in [0.1, 0.15) is 17.4 Å². The summed E-state index contributed by atoms with van der Waals surface area (Å²) in [5, 5.41) is 5.34. The van der Waals surface area contributed by atoms with E-state index in [2.05, 4.69) is 10.6 Å². The minimum atomic E-state index is -0.763. The van der Waals surface area contributed by atoms with Crippen LogP contribution in [0.3, 0.4) is 0 Å². The summed E-state index contributed by atoms with van der Waals surface area (Å²) in [6, 6.07) is 5.82. The van der Waals surface area contributed by atoms with Gasteiger partial charge in [0.15, 0.2) is 0 Å². The molecule has 28 heavy (non-hydrogen) atoms. The van der Waals surface area contributed by atoms with Gasteiger partial charge in [-0.3, -0.25) is 4.79 Å². The highest BCUT2D eigenvalue weighted by Gasteiger charge is 2.22. The van der Waals surface area contributed by atoms with Crippen molar-refractivity contribution in [2.45, 2.75) is 51.7 Å². The number of esters is 1. The fraction of sp³-hybridized carbons (Fsp3) is 0.550. The van der Waals surface area contributed by atoms with Crippen molar-refractivity contribution in [3.05, 3.63) is 29.8 Å². The van der Waals surface area contributed by atoms with E-state index in [0.717, 1.165) is 0 Å². The van der Waals surface area contributed by atoms with E-state index in [9.17, 15) is 14.4 Å². The first kappa shape index (κ1) is 23.3. The summed E-state index contributed by atoms with van der Waals surface area (Å²) in [5.74, 6) is -0.245. The topological polar surface area (TPSA) is 103 Å². The molecule has 156 valence electrons. The van der Waals surface area contributed by atoms with Crippen LogP contribution in [0, 0.1) is 0 Å². The summed E-state index contributed by atoms with van der Waals surface area (Å²) in [6.45, 7) is 5.78. The van der Waals surface area contributed by atoms with Gasteiger partial charge >= 0.3 is 12.1 Å². The van der Waals surface area contributed by atoms with Gasteiger partial charge in [-0.15, -0.1) is 0 Å². The molecule has 0 heterocycles. The fourth-order valence-electron chi connectivity index (χ4n) is 2.35. The molecule has 0 aliphatic heterocycles. The highest BCUT2D eigenvalue weighted by molar-refractivity contribution is 5.96. The number of nitrogens with one attached hydrogen (secondary N) is 2. The molecule has 0 aliphatic rings. The van der Waals surface area contributed by atoms with Gasteiger partial charge in [-0.2, -0.15) is 0 Å². The number of hydrogen-bond acceptors (Lipinski definition) is 6. The van der Waals surface area contributed by atoms with E-state index in [1.165, 1.54) is 7.11 Å². The van der Waals surface area contributed by atoms with Crippen molar-refractivity contribution < 1.29 is 28.6 Å². The van der Waals surface area contributed by atoms with Crippen molar-refractivity contribution >= 4 is 18.0 Å². The van der Waals surface area contributed by atoms with Crippen LogP contribution < -0.4 is 15.4 Å². The summed E-state index contributed by atoms with van der Waals surface area (Å²) in [6.07, 6.45) is 1.15. The number of methoxy groups -OCH3 is 2. The lowest BCUT2D eigenvalue weighted by Gasteiger charge is -2.20. The molecule has 0 radical (unpaired) electrons. The number of carbonyl (C=O) groups excluding carboxylic acids is 3. The van der Waals surface area contributed by atoms with Gasteiger partial charge in [0.05, 0.1) is 14.2 Å². The van der Waals surface area contributed by atoms with E-state index >= 15 is 0 Å². The standard InChI is InChI=1S/C20H30N2O6/c1-20(2,3)28-19(25)21-13-7-6-8-16(18(24)27-5)22-17(23)14-9-11-15(26-4)12-10-14/h9-12,16H,6-8,13H2,1-5H3,(H,21,25)(H,22,23)/t16-/m0/s1. The van der Waals surface area contributed by atoms with Crippen LogP contribution in [0.2, 0.25) is 0 Å². The van der Waals surface area contributed by atoms with Gasteiger partial charge in [-0.25, -0.2) is 9.59 Å². The van der Waals surface area contributed by atoms with Crippen LogP contribution in [0.15, 0.2) is 24.3 Å². The largest absolute Gasteiger partial charge is 0.497 e. The number of unbranched alkanes of at least 4 members (excludes halogenated alkanes) is 1. The second kappa shape index (κ2) is 11.2. The summed E-state index contributed by atoms with van der Waals surface area (Å²) < 4.78 is 15.0. The zero-order valence-corrected chi connectivity index (χ0v) is 17.2. The second-order valence-electron chi connectivity index (χ2n) is 7.20. The predicted octanol–water partition coefficient (Wildman–Crippen LogP) is 2.66. The Morgan fingerprint density at radius 2 is 1.68 bits per heavy atom. The molecule has 0 unspecified atom stereocenters. The van der Waals surface area contributed by atoms with Crippen LogP contribution in [0.4, 0.5) is 4.79 Å². The molecule has 0 spiro atoms. The number of alkyl carbamates (subject to hydrolysis) is 1. The van der Waals surface area contributed by atoms with Crippen molar-refractivity contribution in [2.75, 3.05) is 20.8 Å². The lowest BCUT2D eigenvalue weighted by molar-refractivity contribution is -0.143. The molecule has 1 rings (SSSR count). The minimum Gasteiger partial charge on any atom is -0.497 e. The molecular formula is C20H30N2O6. The Kier molecular flexibility index (Phi) is 9.27. The third kappa shape index (κ3) is 8.75. The van der Waals surface area contributed by atoms with E-state index in [-0.39, 0.29) is 5.91 Å². The van der Waals surface area contributed by atoms with Crippen molar-refractivity contribution in [2.24, 2.45) is 0 Å². The molecule has 0 aromatic heterocycles. The minimum absolute atomic E-state index is 0.370. The molecular weight excluding hydrogens is 364 g/mol. The summed E-state index contributed by atoms with van der Waals surface area (Å²) in [4.78, 5) is 35.9. The first-order valence-electron chi connectivity index (χ1n) is 9.16. The number of hydrogen-bond donors (Lipinski definition) is 2. The zero-order chi connectivity index (χ0) is 21.2. The Labute approximate surface area is 165 Å². The molecule has 0 aliphatic carbocycles. The van der Waals surface area contributed by atoms with Crippen LogP contribution in [-0.4, -0.2) is 50.4 Å². The Hall–Kier alpha value is -2.77. The lowest BCUT2D eigenvalue weighted by atomic mass is 10.1. The monoisotopic (exact) mass is 394 g/mol. The van der Waals surface area contributed by atoms with Crippen molar-refractivity contribution in [3.63, 3.8) is 0 Å². The van der Waals surface area contributed by atoms with E-state index in [1.807, 2.05) is 0 Å². The second-order valence-corrected chi connectivity index (χ2v) is 7.20. The zero-order valence-electron chi connectivity index (χ0n) is 17.2. The molecule has 8 nitrogen and oxygen atoms in total. The van der Waals surface area contributed by atoms with Crippen molar-refractivity contribution in [3.8, 4) is 5.75 Å². The van der Waals surface area contributed by atoms with Crippen LogP contribution in [0.25, 0.3) is 0 Å². The third-order valence-electron chi connectivity index (χ3n) is 3.73. The Balaban J connectivity index is 2.47. The van der Waals surface area contributed by atoms with Crippen LogP contribution in [-0.2, 0) is 14.3 Å². The fourth-order valence-corrected chi connectivity index (χ4v) is 2.35. The molecule has 0 fully saturated rings. The predicted molar refractivity (Wildman–Crippen MR) is 104 cm³/mol. The molecule has 0 bridgehead atoms. The maximum Gasteiger partial charge on any atom is 0.407 e. The van der Waals surface area contributed by atoms with Crippen molar-refractivity contribution in [1.29, 1.82) is 0 Å². The van der Waals surface area contributed by atoms with Gasteiger partial charge < -0.3 is 24.8 Å². The summed E-state index contributed by atoms with van der Waals surface area (Å²) >= 11 is 0. The molecule has 2 amide bonds. The van der Waals surface area contributed by atoms with Crippen LogP contribution in [0.1, 0.15) is 50.4 Å². The number of rotatable bonds is 9. The smallest absolute Gasteiger partial charge is 0.407 e. The van der Waals surface area contributed by atoms with E-state index in [1.54, 1.807) is 52.1 Å². The molecule has 2 N–H and O–H groups in total. The molecule has 1 atom stereocenters. The quantitative estimate of drug-likeness (QED) is 0.493. The number of benzene rings is 1. The SMILES string of the molecule is COC(=O)[C@H](CCCCNC(=O)OC(C)(C)C)NC(=O)c1ccc(OC)cc1. The van der Waals surface area contributed by atoms with Crippen LogP contribution in [0.5, 0.6) is 5.75 Å².